The van der Waals surface area contributed by atoms with Gasteiger partial charge in [-0.3, -0.25) is 0 Å². The summed E-state index contributed by atoms with van der Waals surface area (Å²) < 4.78 is 3.12. The van der Waals surface area contributed by atoms with Gasteiger partial charge in [0.25, 0.3) is 0 Å². The summed E-state index contributed by atoms with van der Waals surface area (Å²) in [7, 11) is 0. The molecule has 0 spiro atoms. The highest BCUT2D eigenvalue weighted by molar-refractivity contribution is 7.71. The molecule has 0 aliphatic heterocycles. The fourth-order valence-electron chi connectivity index (χ4n) is 2.34. The first-order chi connectivity index (χ1) is 6.77. The number of hydrogen-bond acceptors (Lipinski definition) is 1. The second kappa shape index (κ2) is 4.30. The van der Waals surface area contributed by atoms with E-state index in [1.54, 1.807) is 0 Å². The van der Waals surface area contributed by atoms with Crippen LogP contribution in [-0.2, 0) is 6.54 Å². The Kier molecular flexibility index (Phi) is 3.06. The number of H-pyrrole nitrogens is 1. The van der Waals surface area contributed by atoms with Gasteiger partial charge in [-0.15, -0.1) is 0 Å². The molecular weight excluding hydrogens is 192 g/mol. The number of hydrogen-bond donors (Lipinski definition) is 1. The van der Waals surface area contributed by atoms with Gasteiger partial charge < -0.3 is 9.55 Å². The van der Waals surface area contributed by atoms with E-state index in [9.17, 15) is 0 Å². The molecule has 1 fully saturated rings. The highest BCUT2D eigenvalue weighted by atomic mass is 32.1. The zero-order valence-electron chi connectivity index (χ0n) is 8.75. The summed E-state index contributed by atoms with van der Waals surface area (Å²) in [6.45, 7) is 3.24. The van der Waals surface area contributed by atoms with Crippen LogP contribution in [0.3, 0.4) is 0 Å². The first kappa shape index (κ1) is 9.97. The molecule has 1 aliphatic rings. The maximum Gasteiger partial charge on any atom is 0.177 e. The third-order valence-corrected chi connectivity index (χ3v) is 3.58. The fourth-order valence-corrected chi connectivity index (χ4v) is 2.61. The second-order valence-electron chi connectivity index (χ2n) is 4.35. The molecule has 78 valence electrons. The summed E-state index contributed by atoms with van der Waals surface area (Å²) >= 11 is 5.25. The maximum atomic E-state index is 5.25. The third kappa shape index (κ3) is 2.08. The molecule has 1 N–H and O–H groups in total. The number of nitrogens with zero attached hydrogens (tertiary/aromatic N) is 1. The SMILES string of the molecule is Cc1c[nH]c(=S)n1CC1CCCCC1. The van der Waals surface area contributed by atoms with E-state index in [2.05, 4.69) is 16.5 Å². The average molecular weight is 210 g/mol. The summed E-state index contributed by atoms with van der Waals surface area (Å²) in [5.74, 6) is 0.852. The summed E-state index contributed by atoms with van der Waals surface area (Å²) in [6.07, 6.45) is 9.00. The molecule has 0 saturated heterocycles. The van der Waals surface area contributed by atoms with E-state index in [4.69, 9.17) is 12.2 Å². The Balaban J connectivity index is 2.06. The molecule has 2 nitrogen and oxygen atoms in total. The van der Waals surface area contributed by atoms with Gasteiger partial charge in [0, 0.05) is 18.4 Å². The van der Waals surface area contributed by atoms with Crippen LogP contribution in [-0.4, -0.2) is 9.55 Å². The fraction of sp³-hybridized carbons (Fsp3) is 0.727. The standard InChI is InChI=1S/C11H18N2S/c1-9-7-12-11(14)13(9)8-10-5-3-2-4-6-10/h7,10H,2-6,8H2,1H3,(H,12,14). The number of imidazole rings is 1. The van der Waals surface area contributed by atoms with E-state index in [-0.39, 0.29) is 0 Å². The molecular formula is C11H18N2S. The Labute approximate surface area is 90.3 Å². The van der Waals surface area contributed by atoms with Gasteiger partial charge in [0.15, 0.2) is 4.77 Å². The summed E-state index contributed by atoms with van der Waals surface area (Å²) in [5.41, 5.74) is 1.26. The Bertz CT molecular complexity index is 344. The lowest BCUT2D eigenvalue weighted by Crippen LogP contribution is -2.14. The molecule has 0 amide bonds. The number of nitrogens with one attached hydrogen (secondary N) is 1. The van der Waals surface area contributed by atoms with E-state index in [1.165, 1.54) is 37.8 Å². The Hall–Kier alpha value is -0.570. The van der Waals surface area contributed by atoms with Crippen molar-refractivity contribution in [3.8, 4) is 0 Å². The van der Waals surface area contributed by atoms with Gasteiger partial charge in [-0.25, -0.2) is 0 Å². The highest BCUT2D eigenvalue weighted by Gasteiger charge is 2.14. The van der Waals surface area contributed by atoms with Crippen molar-refractivity contribution in [2.75, 3.05) is 0 Å². The monoisotopic (exact) mass is 210 g/mol. The van der Waals surface area contributed by atoms with Crippen LogP contribution < -0.4 is 0 Å². The van der Waals surface area contributed by atoms with Crippen molar-refractivity contribution in [1.82, 2.24) is 9.55 Å². The van der Waals surface area contributed by atoms with Crippen molar-refractivity contribution >= 4 is 12.2 Å². The molecule has 0 radical (unpaired) electrons. The molecule has 0 aromatic carbocycles. The van der Waals surface area contributed by atoms with Crippen LogP contribution in [0.4, 0.5) is 0 Å². The minimum Gasteiger partial charge on any atom is -0.337 e. The predicted molar refractivity (Wildman–Crippen MR) is 60.9 cm³/mol. The first-order valence-electron chi connectivity index (χ1n) is 5.52. The minimum atomic E-state index is 0.852. The largest absolute Gasteiger partial charge is 0.337 e. The molecule has 1 heterocycles. The van der Waals surface area contributed by atoms with Crippen molar-refractivity contribution in [2.45, 2.75) is 45.6 Å². The molecule has 0 bridgehead atoms. The second-order valence-corrected chi connectivity index (χ2v) is 4.74. The predicted octanol–water partition coefficient (Wildman–Crippen LogP) is 3.43. The van der Waals surface area contributed by atoms with Crippen molar-refractivity contribution < 1.29 is 0 Å². The lowest BCUT2D eigenvalue weighted by atomic mass is 9.89. The van der Waals surface area contributed by atoms with Gasteiger partial charge in [0.1, 0.15) is 0 Å². The molecule has 14 heavy (non-hydrogen) atoms. The molecule has 2 rings (SSSR count). The Morgan fingerprint density at radius 3 is 2.71 bits per heavy atom. The van der Waals surface area contributed by atoms with E-state index >= 15 is 0 Å². The third-order valence-electron chi connectivity index (χ3n) is 3.24. The molecule has 3 heteroatoms. The quantitative estimate of drug-likeness (QED) is 0.742. The van der Waals surface area contributed by atoms with Crippen LogP contribution in [0.2, 0.25) is 0 Å². The molecule has 1 aliphatic carbocycles. The van der Waals surface area contributed by atoms with Crippen molar-refractivity contribution in [2.24, 2.45) is 5.92 Å². The van der Waals surface area contributed by atoms with E-state index in [1.807, 2.05) is 6.20 Å². The lowest BCUT2D eigenvalue weighted by molar-refractivity contribution is 0.316. The summed E-state index contributed by atoms with van der Waals surface area (Å²) in [5, 5.41) is 0. The van der Waals surface area contributed by atoms with Crippen LogP contribution in [0.5, 0.6) is 0 Å². The minimum absolute atomic E-state index is 0.852. The first-order valence-corrected chi connectivity index (χ1v) is 5.93. The Morgan fingerprint density at radius 2 is 2.14 bits per heavy atom. The van der Waals surface area contributed by atoms with Gasteiger partial charge in [-0.2, -0.15) is 0 Å². The molecule has 1 aromatic rings. The number of rotatable bonds is 2. The maximum absolute atomic E-state index is 5.25. The number of aromatic nitrogens is 2. The molecule has 0 unspecified atom stereocenters. The Morgan fingerprint density at radius 1 is 1.43 bits per heavy atom. The molecule has 0 atom stereocenters. The van der Waals surface area contributed by atoms with Crippen LogP contribution in [0, 0.1) is 17.6 Å². The van der Waals surface area contributed by atoms with Crippen molar-refractivity contribution in [3.05, 3.63) is 16.7 Å². The van der Waals surface area contributed by atoms with Gasteiger partial charge in [0.2, 0.25) is 0 Å². The van der Waals surface area contributed by atoms with Gasteiger partial charge >= 0.3 is 0 Å². The topological polar surface area (TPSA) is 20.7 Å². The van der Waals surface area contributed by atoms with Crippen LogP contribution >= 0.6 is 12.2 Å². The molecule has 1 saturated carbocycles. The van der Waals surface area contributed by atoms with E-state index in [0.717, 1.165) is 17.2 Å². The number of aryl methyl sites for hydroxylation is 1. The lowest BCUT2D eigenvalue weighted by Gasteiger charge is -2.22. The normalized spacial score (nSPS) is 18.6. The number of aromatic amines is 1. The van der Waals surface area contributed by atoms with E-state index in [0.29, 0.717) is 0 Å². The average Bonchev–Trinajstić information content (AvgIpc) is 2.51. The van der Waals surface area contributed by atoms with E-state index < -0.39 is 0 Å². The summed E-state index contributed by atoms with van der Waals surface area (Å²) in [6, 6.07) is 0. The van der Waals surface area contributed by atoms with Crippen molar-refractivity contribution in [1.29, 1.82) is 0 Å². The zero-order chi connectivity index (χ0) is 9.97. The van der Waals surface area contributed by atoms with Gasteiger partial charge in [-0.05, 0) is 37.9 Å². The summed E-state index contributed by atoms with van der Waals surface area (Å²) in [4.78, 5) is 3.10. The van der Waals surface area contributed by atoms with Crippen LogP contribution in [0.15, 0.2) is 6.20 Å². The van der Waals surface area contributed by atoms with Crippen LogP contribution in [0.25, 0.3) is 0 Å². The van der Waals surface area contributed by atoms with Crippen LogP contribution in [0.1, 0.15) is 37.8 Å². The zero-order valence-corrected chi connectivity index (χ0v) is 9.57. The van der Waals surface area contributed by atoms with Gasteiger partial charge in [0.05, 0.1) is 0 Å². The molecule has 1 aromatic heterocycles. The van der Waals surface area contributed by atoms with Gasteiger partial charge in [-0.1, -0.05) is 19.3 Å². The smallest absolute Gasteiger partial charge is 0.177 e. The van der Waals surface area contributed by atoms with Crippen molar-refractivity contribution in [3.63, 3.8) is 0 Å². The highest BCUT2D eigenvalue weighted by Crippen LogP contribution is 2.25.